The number of piperidine rings is 2. The molecule has 2 fully saturated rings. The van der Waals surface area contributed by atoms with Gasteiger partial charge in [-0.05, 0) is 75.0 Å². The van der Waals surface area contributed by atoms with Crippen molar-refractivity contribution in [1.29, 1.82) is 0 Å². The van der Waals surface area contributed by atoms with Crippen LogP contribution in [0.15, 0.2) is 36.7 Å². The third-order valence-corrected chi connectivity index (χ3v) is 6.61. The number of aromatic nitrogens is 2. The predicted molar refractivity (Wildman–Crippen MR) is 131 cm³/mol. The fraction of sp³-hybridized carbons (Fsp3) is 0.538. The SMILES string of the molecule is CC.Cc1cccnc1C(=O)C1CCN(C(=O)C2CCN(Cc3ccnc(N)c3)CC2)CC1. The van der Waals surface area contributed by atoms with E-state index in [1.807, 2.05) is 49.9 Å². The van der Waals surface area contributed by atoms with Crippen LogP contribution in [0.3, 0.4) is 0 Å². The Labute approximate surface area is 197 Å². The molecule has 0 aromatic carbocycles. The lowest BCUT2D eigenvalue weighted by Gasteiger charge is -2.37. The van der Waals surface area contributed by atoms with Crippen molar-refractivity contribution < 1.29 is 9.59 Å². The molecule has 2 aromatic heterocycles. The van der Waals surface area contributed by atoms with Crippen LogP contribution in [-0.4, -0.2) is 57.6 Å². The highest BCUT2D eigenvalue weighted by atomic mass is 16.2. The van der Waals surface area contributed by atoms with Gasteiger partial charge in [0.25, 0.3) is 0 Å². The Morgan fingerprint density at radius 2 is 1.64 bits per heavy atom. The Hall–Kier alpha value is -2.80. The van der Waals surface area contributed by atoms with E-state index >= 15 is 0 Å². The van der Waals surface area contributed by atoms with E-state index in [2.05, 4.69) is 14.9 Å². The van der Waals surface area contributed by atoms with E-state index < -0.39 is 0 Å². The van der Waals surface area contributed by atoms with Crippen molar-refractivity contribution in [2.45, 2.75) is 53.0 Å². The molecule has 4 rings (SSSR count). The summed E-state index contributed by atoms with van der Waals surface area (Å²) in [7, 11) is 0. The molecule has 0 saturated carbocycles. The maximum Gasteiger partial charge on any atom is 0.225 e. The zero-order valence-corrected chi connectivity index (χ0v) is 20.2. The molecule has 0 atom stereocenters. The Bertz CT molecular complexity index is 932. The van der Waals surface area contributed by atoms with Gasteiger partial charge in [-0.15, -0.1) is 0 Å². The zero-order chi connectivity index (χ0) is 23.8. The van der Waals surface area contributed by atoms with Gasteiger partial charge in [-0.25, -0.2) is 4.98 Å². The summed E-state index contributed by atoms with van der Waals surface area (Å²) in [6.45, 7) is 9.91. The summed E-state index contributed by atoms with van der Waals surface area (Å²) in [6, 6.07) is 7.68. The van der Waals surface area contributed by atoms with E-state index in [9.17, 15) is 9.59 Å². The van der Waals surface area contributed by atoms with Crippen LogP contribution in [0.4, 0.5) is 5.82 Å². The molecular formula is C26H37N5O2. The second kappa shape index (κ2) is 11.9. The molecule has 0 aliphatic carbocycles. The van der Waals surface area contributed by atoms with Crippen LogP contribution >= 0.6 is 0 Å². The minimum Gasteiger partial charge on any atom is -0.384 e. The standard InChI is InChI=1S/C24H31N5O2.C2H6/c1-17-3-2-9-27-22(17)23(30)19-7-13-29(14-8-19)24(31)20-5-11-28(12-6-20)16-18-4-10-26-21(25)15-18;1-2/h2-4,9-10,15,19-20H,5-8,11-14,16H2,1H3,(H2,25,26);1-2H3. The number of likely N-dealkylation sites (tertiary alicyclic amines) is 2. The summed E-state index contributed by atoms with van der Waals surface area (Å²) >= 11 is 0. The van der Waals surface area contributed by atoms with Crippen molar-refractivity contribution in [3.8, 4) is 0 Å². The van der Waals surface area contributed by atoms with E-state index in [1.54, 1.807) is 12.4 Å². The van der Waals surface area contributed by atoms with Crippen LogP contribution in [0, 0.1) is 18.8 Å². The Balaban J connectivity index is 0.00000149. The minimum absolute atomic E-state index is 0.0349. The molecule has 178 valence electrons. The van der Waals surface area contributed by atoms with Crippen molar-refractivity contribution in [3.05, 3.63) is 53.5 Å². The highest BCUT2D eigenvalue weighted by Crippen LogP contribution is 2.26. The lowest BCUT2D eigenvalue weighted by atomic mass is 9.88. The second-order valence-electron chi connectivity index (χ2n) is 8.77. The number of aryl methyl sites for hydroxylation is 1. The highest BCUT2D eigenvalue weighted by Gasteiger charge is 2.33. The summed E-state index contributed by atoms with van der Waals surface area (Å²) in [5, 5.41) is 0. The van der Waals surface area contributed by atoms with E-state index in [-0.39, 0.29) is 23.5 Å². The third-order valence-electron chi connectivity index (χ3n) is 6.61. The van der Waals surface area contributed by atoms with Crippen LogP contribution < -0.4 is 5.73 Å². The van der Waals surface area contributed by atoms with Crippen molar-refractivity contribution in [2.75, 3.05) is 31.9 Å². The first-order chi connectivity index (χ1) is 16.0. The lowest BCUT2D eigenvalue weighted by Crippen LogP contribution is -2.46. The molecule has 4 heterocycles. The molecule has 2 aromatic rings. The first-order valence-electron chi connectivity index (χ1n) is 12.2. The second-order valence-corrected chi connectivity index (χ2v) is 8.77. The highest BCUT2D eigenvalue weighted by molar-refractivity contribution is 5.97. The molecule has 7 nitrogen and oxygen atoms in total. The summed E-state index contributed by atoms with van der Waals surface area (Å²) in [6.07, 6.45) is 6.63. The fourth-order valence-electron chi connectivity index (χ4n) is 4.75. The number of nitrogen functional groups attached to an aromatic ring is 1. The van der Waals surface area contributed by atoms with E-state index in [0.29, 0.717) is 24.6 Å². The van der Waals surface area contributed by atoms with Crippen molar-refractivity contribution in [3.63, 3.8) is 0 Å². The molecule has 7 heteroatoms. The molecule has 1 amide bonds. The van der Waals surface area contributed by atoms with Gasteiger partial charge < -0.3 is 10.6 Å². The summed E-state index contributed by atoms with van der Waals surface area (Å²) < 4.78 is 0. The summed E-state index contributed by atoms with van der Waals surface area (Å²) in [5.41, 5.74) is 8.43. The van der Waals surface area contributed by atoms with Gasteiger partial charge in [-0.1, -0.05) is 19.9 Å². The maximum atomic E-state index is 13.0. The maximum absolute atomic E-state index is 13.0. The molecular weight excluding hydrogens is 414 g/mol. The van der Waals surface area contributed by atoms with Gasteiger partial charge >= 0.3 is 0 Å². The monoisotopic (exact) mass is 451 g/mol. The van der Waals surface area contributed by atoms with Gasteiger partial charge in [0.2, 0.25) is 5.91 Å². The number of carbonyl (C=O) groups is 2. The first-order valence-corrected chi connectivity index (χ1v) is 12.2. The number of hydrogen-bond donors (Lipinski definition) is 1. The molecule has 2 N–H and O–H groups in total. The van der Waals surface area contributed by atoms with Gasteiger partial charge in [0, 0.05) is 43.9 Å². The Morgan fingerprint density at radius 3 is 2.27 bits per heavy atom. The summed E-state index contributed by atoms with van der Waals surface area (Å²) in [4.78, 5) is 38.5. The molecule has 2 saturated heterocycles. The minimum atomic E-state index is -0.0349. The van der Waals surface area contributed by atoms with Gasteiger partial charge in [-0.2, -0.15) is 0 Å². The number of carbonyl (C=O) groups excluding carboxylic acids is 2. The number of amides is 1. The summed E-state index contributed by atoms with van der Waals surface area (Å²) in [5.74, 6) is 0.974. The fourth-order valence-corrected chi connectivity index (χ4v) is 4.75. The van der Waals surface area contributed by atoms with Crippen LogP contribution in [0.25, 0.3) is 0 Å². The molecule has 0 radical (unpaired) electrons. The molecule has 0 spiro atoms. The number of hydrogen-bond acceptors (Lipinski definition) is 6. The average Bonchev–Trinajstić information content (AvgIpc) is 2.85. The van der Waals surface area contributed by atoms with Gasteiger partial charge in [0.15, 0.2) is 5.78 Å². The average molecular weight is 452 g/mol. The predicted octanol–water partition coefficient (Wildman–Crippen LogP) is 3.73. The smallest absolute Gasteiger partial charge is 0.225 e. The zero-order valence-electron chi connectivity index (χ0n) is 20.2. The van der Waals surface area contributed by atoms with Gasteiger partial charge in [0.05, 0.1) is 0 Å². The van der Waals surface area contributed by atoms with Gasteiger partial charge in [0.1, 0.15) is 11.5 Å². The number of anilines is 1. The quantitative estimate of drug-likeness (QED) is 0.697. The van der Waals surface area contributed by atoms with E-state index in [0.717, 1.165) is 56.4 Å². The van der Waals surface area contributed by atoms with Crippen LogP contribution in [0.2, 0.25) is 0 Å². The normalized spacial score (nSPS) is 17.8. The van der Waals surface area contributed by atoms with Crippen molar-refractivity contribution in [2.24, 2.45) is 11.8 Å². The van der Waals surface area contributed by atoms with Crippen LogP contribution in [0.5, 0.6) is 0 Å². The molecule has 2 aliphatic heterocycles. The van der Waals surface area contributed by atoms with E-state index in [1.165, 1.54) is 0 Å². The number of nitrogens with two attached hydrogens (primary N) is 1. The molecule has 33 heavy (non-hydrogen) atoms. The molecule has 0 unspecified atom stereocenters. The van der Waals surface area contributed by atoms with Gasteiger partial charge in [-0.3, -0.25) is 19.5 Å². The van der Waals surface area contributed by atoms with Crippen molar-refractivity contribution in [1.82, 2.24) is 19.8 Å². The largest absolute Gasteiger partial charge is 0.384 e. The van der Waals surface area contributed by atoms with Crippen molar-refractivity contribution >= 4 is 17.5 Å². The first kappa shape index (κ1) is 24.8. The topological polar surface area (TPSA) is 92.4 Å². The number of pyridine rings is 2. The van der Waals surface area contributed by atoms with E-state index in [4.69, 9.17) is 5.73 Å². The Kier molecular flexibility index (Phi) is 8.95. The molecule has 2 aliphatic rings. The number of rotatable bonds is 5. The van der Waals surface area contributed by atoms with Crippen LogP contribution in [0.1, 0.15) is 61.1 Å². The lowest BCUT2D eigenvalue weighted by molar-refractivity contribution is -0.138. The molecule has 0 bridgehead atoms. The Morgan fingerprint density at radius 1 is 0.970 bits per heavy atom. The number of ketones is 1. The number of nitrogens with zero attached hydrogens (tertiary/aromatic N) is 4. The van der Waals surface area contributed by atoms with Crippen LogP contribution in [-0.2, 0) is 11.3 Å². The third kappa shape index (κ3) is 6.38. The number of Topliss-reactive ketones (excluding diaryl/α,β-unsaturated/α-hetero) is 1.